The Morgan fingerprint density at radius 1 is 0.392 bits per heavy atom. The van der Waals surface area contributed by atoms with E-state index in [1.165, 1.54) is 113 Å². The number of carbonyl (C=O) groups excluding carboxylic acids is 9. The minimum atomic E-state index is -1.38. The highest BCUT2D eigenvalue weighted by Gasteiger charge is 2.21. The van der Waals surface area contributed by atoms with Gasteiger partial charge in [0.1, 0.15) is 67.0 Å². The monoisotopic (exact) mass is 2220 g/mol. The van der Waals surface area contributed by atoms with E-state index in [2.05, 4.69) is 113 Å². The van der Waals surface area contributed by atoms with Crippen molar-refractivity contribution in [2.45, 2.75) is 210 Å². The number of unbranched alkanes of at least 4 members (excludes halogenated alkanes) is 18. The summed E-state index contributed by atoms with van der Waals surface area (Å²) in [5, 5.41) is 38.2. The third-order valence-electron chi connectivity index (χ3n) is 20.9. The summed E-state index contributed by atoms with van der Waals surface area (Å²) in [6.45, 7) is 28.0. The number of phenols is 2. The molecule has 0 aliphatic heterocycles. The number of halogens is 5. The normalized spacial score (nSPS) is 9.93. The molecule has 10 aromatic carbocycles. The van der Waals surface area contributed by atoms with Crippen LogP contribution in [-0.4, -0.2) is 135 Å². The number of carboxylic acid groups (broad SMARTS) is 1. The highest BCUT2D eigenvalue weighted by Crippen LogP contribution is 2.31. The molecule has 4 N–H and O–H groups in total. The summed E-state index contributed by atoms with van der Waals surface area (Å²) in [6.07, 6.45) is 34.6. The molecular weight excluding hydrogens is 2090 g/mol. The van der Waals surface area contributed by atoms with E-state index in [-0.39, 0.29) is 58.0 Å². The van der Waals surface area contributed by atoms with Crippen LogP contribution in [0.3, 0.4) is 0 Å². The Balaban J connectivity index is 0.000000648. The van der Waals surface area contributed by atoms with Crippen LogP contribution in [0.2, 0.25) is 24.7 Å². The lowest BCUT2D eigenvalue weighted by atomic mass is 10.1. The summed E-state index contributed by atoms with van der Waals surface area (Å²) < 4.78 is 45.4. The fraction of sp³-hybridized carbons (Fsp3) is 0.328. The molecule has 0 aliphatic rings. The molecule has 0 heterocycles. The lowest BCUT2D eigenvalue weighted by Crippen LogP contribution is -2.15. The number of carboxylic acids is 1. The summed E-state index contributed by atoms with van der Waals surface area (Å²) in [5.41, 5.74) is 12.4. The molecule has 0 bridgehead atoms. The molecule has 0 saturated heterocycles. The number of terminal acetylenes is 1. The molecule has 0 aliphatic carbocycles. The van der Waals surface area contributed by atoms with Gasteiger partial charge in [0.25, 0.3) is 0 Å². The van der Waals surface area contributed by atoms with Gasteiger partial charge in [-0.05, 0) is 284 Å². The van der Waals surface area contributed by atoms with Crippen molar-refractivity contribution in [2.75, 3.05) is 45.0 Å². The van der Waals surface area contributed by atoms with Crippen LogP contribution in [0, 0.1) is 63.3 Å². The molecule has 790 valence electrons. The van der Waals surface area contributed by atoms with E-state index in [1.807, 2.05) is 100 Å². The van der Waals surface area contributed by atoms with Crippen molar-refractivity contribution in [3.05, 3.63) is 328 Å². The number of aldehydes is 4. The number of hydrogen-bond donors (Lipinski definition) is 4. The second kappa shape index (κ2) is 78.0. The Labute approximate surface area is 905 Å². The van der Waals surface area contributed by atoms with Crippen LogP contribution in [0.25, 0.3) is 0 Å². The first-order valence-corrected chi connectivity index (χ1v) is 54.8. The lowest BCUT2D eigenvalue weighted by molar-refractivity contribution is -0.182. The van der Waals surface area contributed by atoms with E-state index in [4.69, 9.17) is 84.4 Å². The van der Waals surface area contributed by atoms with Crippen molar-refractivity contribution in [3.8, 4) is 81.6 Å². The van der Waals surface area contributed by atoms with Crippen molar-refractivity contribution in [1.29, 1.82) is 0 Å². The summed E-state index contributed by atoms with van der Waals surface area (Å²) in [6, 6.07) is 55.1. The maximum absolute atomic E-state index is 12.8. The van der Waals surface area contributed by atoms with Gasteiger partial charge in [-0.25, -0.2) is 28.8 Å². The van der Waals surface area contributed by atoms with Crippen molar-refractivity contribution < 1.29 is 111 Å². The predicted molar refractivity (Wildman–Crippen MR) is 598 cm³/mol. The second-order valence-corrected chi connectivity index (χ2v) is 41.7. The van der Waals surface area contributed by atoms with Crippen LogP contribution in [0.15, 0.2) is 234 Å². The quantitative estimate of drug-likeness (QED) is 0.00235. The van der Waals surface area contributed by atoms with E-state index in [0.717, 1.165) is 179 Å². The van der Waals surface area contributed by atoms with Crippen LogP contribution in [0.5, 0.6) is 46.0 Å². The van der Waals surface area contributed by atoms with E-state index in [0.29, 0.717) is 84.4 Å². The van der Waals surface area contributed by atoms with Crippen LogP contribution >= 0.6 is 66.7 Å². The fourth-order valence-electron chi connectivity index (χ4n) is 12.5. The van der Waals surface area contributed by atoms with Crippen molar-refractivity contribution >= 4 is 136 Å². The van der Waals surface area contributed by atoms with Crippen molar-refractivity contribution in [2.24, 2.45) is 0 Å². The maximum atomic E-state index is 12.8. The number of carbonyl (C=O) groups is 10. The van der Waals surface area contributed by atoms with Crippen LogP contribution < -0.4 is 28.4 Å². The minimum Gasteiger partial charge on any atom is -0.508 e. The summed E-state index contributed by atoms with van der Waals surface area (Å²) in [4.78, 5) is 117. The fourth-order valence-corrected chi connectivity index (χ4v) is 13.4. The number of aromatic carboxylic acids is 1. The predicted octanol–water partition coefficient (Wildman–Crippen LogP) is 29.9. The number of rotatable bonds is 46. The second-order valence-electron chi connectivity index (χ2n) is 33.9. The minimum absolute atomic E-state index is 0. The van der Waals surface area contributed by atoms with Crippen LogP contribution in [-0.2, 0) is 24.0 Å². The van der Waals surface area contributed by atoms with E-state index >= 15 is 0 Å². The SMILES string of the molecule is C.C#C[Si](C)(C)C.C=CC(=O)OCCCCCCOc1ccc(C(=O)Oc2ccc(OC(=O)c3ccc(OCCCCCCOC(=O)C=C)cc3)c(C(=O)O)c2)cc1.CCCCCCCCCOc1ccc(C#Cc2ccc(C)c(C=O)c2)cc1C=O.CCCCCCCCCOc1ccc(C#Cc2ccc(C)c(O)c2)cc1O.Cc1ccc(Br)cc1C=O.Cc1ccc(Br)cc1C=O.ClCCl.O=C(OO)c1cccc(Cl)c1. The van der Waals surface area contributed by atoms with Crippen molar-refractivity contribution in [1.82, 2.24) is 0 Å². The molecule has 0 fully saturated rings. The highest BCUT2D eigenvalue weighted by atomic mass is 79.9. The van der Waals surface area contributed by atoms with Gasteiger partial charge in [0.15, 0.2) is 17.8 Å². The van der Waals surface area contributed by atoms with E-state index in [1.54, 1.807) is 72.8 Å². The topological polar surface area (TPSA) is 335 Å². The molecule has 23 nitrogen and oxygen atoms in total. The Morgan fingerprint density at radius 3 is 1.12 bits per heavy atom. The first-order valence-electron chi connectivity index (χ1n) is 48.2. The smallest absolute Gasteiger partial charge is 0.372 e. The summed E-state index contributed by atoms with van der Waals surface area (Å²) in [5.74, 6) is 9.86. The van der Waals surface area contributed by atoms with E-state index in [9.17, 15) is 63.3 Å². The molecule has 0 atom stereocenters. The third kappa shape index (κ3) is 57.1. The molecule has 10 aromatic rings. The number of esters is 4. The first kappa shape index (κ1) is 131. The number of ether oxygens (including phenoxy) is 8. The highest BCUT2D eigenvalue weighted by molar-refractivity contribution is 9.10. The number of aryl methyl sites for hydroxylation is 4. The zero-order valence-electron chi connectivity index (χ0n) is 84.9. The molecule has 29 heteroatoms. The number of alkyl halides is 2. The summed E-state index contributed by atoms with van der Waals surface area (Å²) >= 11 is 21.6. The number of phenolic OH excluding ortho intramolecular Hbond substituents is 2. The largest absolute Gasteiger partial charge is 0.508 e. The molecular formula is C119H137Br2Cl3O23Si. The zero-order valence-corrected chi connectivity index (χ0v) is 91.4. The number of aromatic hydroxyl groups is 2. The zero-order chi connectivity index (χ0) is 109. The average Bonchev–Trinajstić information content (AvgIpc) is 0.812. The molecule has 0 amide bonds. The molecule has 10 rings (SSSR count). The molecule has 0 radical (unpaired) electrons. The molecule has 0 spiro atoms. The summed E-state index contributed by atoms with van der Waals surface area (Å²) in [7, 11) is -1.10. The van der Waals surface area contributed by atoms with Gasteiger partial charge in [0.2, 0.25) is 0 Å². The molecule has 0 saturated carbocycles. The van der Waals surface area contributed by atoms with Gasteiger partial charge >= 0.3 is 35.8 Å². The van der Waals surface area contributed by atoms with Gasteiger partial charge < -0.3 is 53.2 Å². The average molecular weight is 2230 g/mol. The van der Waals surface area contributed by atoms with Crippen LogP contribution in [0.1, 0.15) is 290 Å². The molecule has 0 unspecified atom stereocenters. The maximum Gasteiger partial charge on any atom is 0.372 e. The lowest BCUT2D eigenvalue weighted by Gasteiger charge is -2.11. The van der Waals surface area contributed by atoms with Gasteiger partial charge in [0, 0.05) is 65.1 Å². The van der Waals surface area contributed by atoms with Gasteiger partial charge in [-0.1, -0.05) is 229 Å². The Hall–Kier alpha value is -13.3. The van der Waals surface area contributed by atoms with Crippen LogP contribution in [0.4, 0.5) is 0 Å². The first-order chi connectivity index (χ1) is 70.6. The van der Waals surface area contributed by atoms with E-state index < -0.39 is 43.9 Å². The van der Waals surface area contributed by atoms with Gasteiger partial charge in [0.05, 0.1) is 67.2 Å². The third-order valence-corrected chi connectivity index (χ3v) is 23.0. The standard InChI is InChI=1S/C39H42O12.C26H30O3.C24H30O3.2C8H7BrO.C7H5ClO3.C5H10Si.CH2Cl2.CH4/c1-3-35(40)48-25-11-7-5-9-23-46-30-17-13-28(14-18-30)38(44)50-32-21-22-34(33(27-32)37(42)43)51-39(45)29-15-19-31(20-16-29)47-24-10-6-8-12-26-49-36(41)4-2;1-3-4-5-6-7-8-9-16-29-26-15-14-23(18-25(26)20-28)13-12-22-11-10-21(2)24(17-22)19-27;1-3-4-5-6-7-8-9-16-27-24-15-14-21(18-23(24)26)13-12-20-11-10-19(2)22(25)17-20;2*1-6-2-3-8(9)4-7(6)5-10;8-6-3-1-2-5(4-6)7(9)11-10;1-5-6(2,3)4;2-1-3;/h3-4,13-22,27H,1-2,5-12,23-26H2,(H,42,43);10-11,14-15,17-20H,3-9,16H2,1-2H3;10-11,14-15,17-18,25-26H,3-9,16H2,1-2H3;2*2-5H,1H3;1-4,10H;1H,2-4H3;1H2;1H4. The van der Waals surface area contributed by atoms with Gasteiger partial charge in [-0.2, -0.15) is 5.26 Å². The number of hydrogen-bond acceptors (Lipinski definition) is 22. The van der Waals surface area contributed by atoms with Crippen molar-refractivity contribution in [3.63, 3.8) is 0 Å². The molecule has 148 heavy (non-hydrogen) atoms. The number of benzene rings is 10. The molecule has 0 aromatic heterocycles. The van der Waals surface area contributed by atoms with Gasteiger partial charge in [-0.15, -0.1) is 35.2 Å². The Bertz CT molecular complexity index is 5910. The Kier molecular flexibility index (Phi) is 68.9. The van der Waals surface area contributed by atoms with Gasteiger partial charge in [-0.3, -0.25) is 24.1 Å². The Morgan fingerprint density at radius 2 is 0.736 bits per heavy atom.